The van der Waals surface area contributed by atoms with E-state index in [1.807, 2.05) is 0 Å². The van der Waals surface area contributed by atoms with Crippen molar-refractivity contribution in [1.82, 2.24) is 0 Å². The number of rotatable bonds is 5. The van der Waals surface area contributed by atoms with E-state index in [9.17, 15) is 19.2 Å². The first-order valence-corrected chi connectivity index (χ1v) is 9.18. The third kappa shape index (κ3) is 4.24. The number of esters is 4. The minimum atomic E-state index is -1.29. The highest BCUT2D eigenvalue weighted by Gasteiger charge is 2.69. The molecular formula is C20H22O9. The van der Waals surface area contributed by atoms with Gasteiger partial charge in [-0.05, 0) is 25.0 Å². The molecule has 0 radical (unpaired) electrons. The molecule has 1 unspecified atom stereocenters. The Kier molecular flexibility index (Phi) is 5.88. The predicted molar refractivity (Wildman–Crippen MR) is 95.4 cm³/mol. The highest BCUT2D eigenvalue weighted by molar-refractivity contribution is 5.89. The van der Waals surface area contributed by atoms with Crippen LogP contribution in [0, 0.1) is 0 Å². The van der Waals surface area contributed by atoms with Crippen molar-refractivity contribution in [3.8, 4) is 0 Å². The zero-order chi connectivity index (χ0) is 21.2. The maximum absolute atomic E-state index is 12.5. The smallest absolute Gasteiger partial charge is 0.338 e. The van der Waals surface area contributed by atoms with Crippen molar-refractivity contribution in [3.63, 3.8) is 0 Å². The van der Waals surface area contributed by atoms with Crippen LogP contribution in [0.15, 0.2) is 30.3 Å². The van der Waals surface area contributed by atoms with Gasteiger partial charge in [-0.1, -0.05) is 18.2 Å². The molecule has 1 heterocycles. The lowest BCUT2D eigenvalue weighted by Crippen LogP contribution is -2.62. The molecule has 0 aromatic heterocycles. The summed E-state index contributed by atoms with van der Waals surface area (Å²) in [5, 5.41) is 0. The van der Waals surface area contributed by atoms with E-state index in [0.29, 0.717) is 18.4 Å². The van der Waals surface area contributed by atoms with Gasteiger partial charge in [-0.25, -0.2) is 4.79 Å². The number of carbonyl (C=O) groups is 4. The van der Waals surface area contributed by atoms with Crippen LogP contribution in [0.4, 0.5) is 0 Å². The molecule has 1 saturated heterocycles. The summed E-state index contributed by atoms with van der Waals surface area (Å²) < 4.78 is 27.3. The number of benzene rings is 1. The van der Waals surface area contributed by atoms with Crippen molar-refractivity contribution in [1.29, 1.82) is 0 Å². The molecule has 1 aromatic rings. The van der Waals surface area contributed by atoms with Gasteiger partial charge in [0.25, 0.3) is 0 Å². The zero-order valence-corrected chi connectivity index (χ0v) is 16.3. The summed E-state index contributed by atoms with van der Waals surface area (Å²) in [5.74, 6) is -2.54. The second-order valence-corrected chi connectivity index (χ2v) is 6.95. The van der Waals surface area contributed by atoms with E-state index in [2.05, 4.69) is 0 Å². The second-order valence-electron chi connectivity index (χ2n) is 6.95. The minimum absolute atomic E-state index is 0.352. The van der Waals surface area contributed by atoms with Crippen LogP contribution in [-0.4, -0.2) is 54.1 Å². The number of hydrogen-bond acceptors (Lipinski definition) is 9. The van der Waals surface area contributed by atoms with E-state index in [1.54, 1.807) is 30.3 Å². The molecule has 5 atom stereocenters. The predicted octanol–water partition coefficient (Wildman–Crippen LogP) is 1.53. The summed E-state index contributed by atoms with van der Waals surface area (Å²) in [6.45, 7) is 3.55. The molecule has 0 bridgehead atoms. The molecule has 1 spiro atoms. The lowest BCUT2D eigenvalue weighted by Gasteiger charge is -2.47. The first kappa shape index (κ1) is 20.8. The van der Waals surface area contributed by atoms with Crippen LogP contribution in [0.3, 0.4) is 0 Å². The minimum Gasteiger partial charge on any atom is -0.456 e. The number of hydrogen-bond donors (Lipinski definition) is 0. The molecule has 2 aliphatic rings. The fourth-order valence-corrected chi connectivity index (χ4v) is 3.62. The summed E-state index contributed by atoms with van der Waals surface area (Å²) >= 11 is 0. The summed E-state index contributed by atoms with van der Waals surface area (Å²) in [4.78, 5) is 47.2. The zero-order valence-electron chi connectivity index (χ0n) is 16.3. The van der Waals surface area contributed by atoms with Crippen molar-refractivity contribution in [2.75, 3.05) is 0 Å². The first-order chi connectivity index (χ1) is 13.7. The Hall–Kier alpha value is -2.94. The molecule has 1 aliphatic heterocycles. The van der Waals surface area contributed by atoms with E-state index in [4.69, 9.17) is 23.7 Å². The lowest BCUT2D eigenvalue weighted by molar-refractivity contribution is -0.246. The SMILES string of the molecule is CC(=O)OC1[C@H](OC(C)=O)[C@H](OC(C)=O)O[C@]12CC[C@@H]2OC(=O)c1ccccc1. The van der Waals surface area contributed by atoms with E-state index in [-0.39, 0.29) is 0 Å². The quantitative estimate of drug-likeness (QED) is 0.530. The van der Waals surface area contributed by atoms with Gasteiger partial charge in [0.2, 0.25) is 12.4 Å². The lowest BCUT2D eigenvalue weighted by atomic mass is 9.72. The second kappa shape index (κ2) is 8.20. The molecule has 1 aromatic carbocycles. The van der Waals surface area contributed by atoms with E-state index in [1.165, 1.54) is 20.8 Å². The average Bonchev–Trinajstić information content (AvgIpc) is 2.93. The Morgan fingerprint density at radius 3 is 2.03 bits per heavy atom. The Bertz CT molecular complexity index is 805. The van der Waals surface area contributed by atoms with Gasteiger partial charge >= 0.3 is 23.9 Å². The largest absolute Gasteiger partial charge is 0.456 e. The molecule has 0 N–H and O–H groups in total. The Labute approximate surface area is 167 Å². The van der Waals surface area contributed by atoms with Crippen LogP contribution < -0.4 is 0 Å². The van der Waals surface area contributed by atoms with Crippen LogP contribution in [0.2, 0.25) is 0 Å². The van der Waals surface area contributed by atoms with Crippen molar-refractivity contribution in [2.24, 2.45) is 0 Å². The summed E-state index contributed by atoms with van der Waals surface area (Å²) in [7, 11) is 0. The third-order valence-electron chi connectivity index (χ3n) is 4.86. The van der Waals surface area contributed by atoms with Crippen molar-refractivity contribution >= 4 is 23.9 Å². The van der Waals surface area contributed by atoms with Crippen LogP contribution in [-0.2, 0) is 38.1 Å². The highest BCUT2D eigenvalue weighted by atomic mass is 16.8. The molecule has 9 heteroatoms. The monoisotopic (exact) mass is 406 g/mol. The van der Waals surface area contributed by atoms with E-state index >= 15 is 0 Å². The average molecular weight is 406 g/mol. The maximum atomic E-state index is 12.5. The van der Waals surface area contributed by atoms with Gasteiger partial charge in [0.15, 0.2) is 11.7 Å². The van der Waals surface area contributed by atoms with Crippen LogP contribution in [0.5, 0.6) is 0 Å². The van der Waals surface area contributed by atoms with Gasteiger partial charge < -0.3 is 23.7 Å². The maximum Gasteiger partial charge on any atom is 0.338 e. The van der Waals surface area contributed by atoms with Crippen molar-refractivity contribution < 1.29 is 42.9 Å². The highest BCUT2D eigenvalue weighted by Crippen LogP contribution is 2.50. The fraction of sp³-hybridized carbons (Fsp3) is 0.500. The van der Waals surface area contributed by atoms with Crippen LogP contribution in [0.25, 0.3) is 0 Å². The van der Waals surface area contributed by atoms with Crippen LogP contribution >= 0.6 is 0 Å². The standard InChI is InChI=1S/C20H22O9/c1-11(21)25-16-17(26-12(2)22)20(29-19(16)27-13(3)23)10-9-15(20)28-18(24)14-7-5-4-6-8-14/h4-8,15-17,19H,9-10H2,1-3H3/t15-,16-,17?,19+,20-/m0/s1. The third-order valence-corrected chi connectivity index (χ3v) is 4.86. The van der Waals surface area contributed by atoms with Crippen LogP contribution in [0.1, 0.15) is 44.0 Å². The topological polar surface area (TPSA) is 114 Å². The number of ether oxygens (including phenoxy) is 5. The van der Waals surface area contributed by atoms with Gasteiger partial charge in [-0.3, -0.25) is 14.4 Å². The van der Waals surface area contributed by atoms with E-state index in [0.717, 1.165) is 0 Å². The molecule has 1 saturated carbocycles. The number of carbonyl (C=O) groups excluding carboxylic acids is 4. The van der Waals surface area contributed by atoms with Crippen molar-refractivity contribution in [3.05, 3.63) is 35.9 Å². The molecular weight excluding hydrogens is 384 g/mol. The van der Waals surface area contributed by atoms with E-state index < -0.39 is 54.1 Å². The Morgan fingerprint density at radius 2 is 1.52 bits per heavy atom. The van der Waals surface area contributed by atoms with Gasteiger partial charge in [-0.15, -0.1) is 0 Å². The summed E-state index contributed by atoms with van der Waals surface area (Å²) in [6, 6.07) is 8.39. The summed E-state index contributed by atoms with van der Waals surface area (Å²) in [5.41, 5.74) is -0.930. The first-order valence-electron chi connectivity index (χ1n) is 9.18. The molecule has 1 aliphatic carbocycles. The molecule has 9 nitrogen and oxygen atoms in total. The molecule has 3 rings (SSSR count). The van der Waals surface area contributed by atoms with Gasteiger partial charge in [0.05, 0.1) is 5.56 Å². The molecule has 156 valence electrons. The Balaban J connectivity index is 1.87. The van der Waals surface area contributed by atoms with Gasteiger partial charge in [0, 0.05) is 20.8 Å². The van der Waals surface area contributed by atoms with Gasteiger partial charge in [0.1, 0.15) is 6.10 Å². The van der Waals surface area contributed by atoms with Gasteiger partial charge in [-0.2, -0.15) is 0 Å². The fourth-order valence-electron chi connectivity index (χ4n) is 3.62. The normalized spacial score (nSPS) is 30.2. The Morgan fingerprint density at radius 1 is 0.897 bits per heavy atom. The molecule has 2 fully saturated rings. The van der Waals surface area contributed by atoms with Crippen molar-refractivity contribution in [2.45, 2.75) is 63.8 Å². The molecule has 0 amide bonds. The summed E-state index contributed by atoms with van der Waals surface area (Å²) in [6.07, 6.45) is -3.56. The molecule has 29 heavy (non-hydrogen) atoms.